The first kappa shape index (κ1) is 9.68. The molecular formula is C10H17N3O. The summed E-state index contributed by atoms with van der Waals surface area (Å²) >= 11 is 0. The van der Waals surface area contributed by atoms with Crippen LogP contribution in [0, 0.1) is 0 Å². The van der Waals surface area contributed by atoms with Crippen molar-refractivity contribution in [3.8, 4) is 0 Å². The Morgan fingerprint density at radius 1 is 1.64 bits per heavy atom. The Hall–Kier alpha value is -0.870. The molecule has 1 aromatic heterocycles. The van der Waals surface area contributed by atoms with Gasteiger partial charge in [-0.05, 0) is 31.4 Å². The minimum absolute atomic E-state index is 0.426. The van der Waals surface area contributed by atoms with Gasteiger partial charge in [0.05, 0.1) is 18.8 Å². The zero-order chi connectivity index (χ0) is 9.80. The third-order valence-corrected chi connectivity index (χ3v) is 2.60. The van der Waals surface area contributed by atoms with Crippen molar-refractivity contribution in [3.63, 3.8) is 0 Å². The Balaban J connectivity index is 2.00. The standard InChI is InChI=1S/C10H17N3O/c11-4-3-9-6-12-13(7-9)10-2-1-5-14-8-10/h6-7,10H,1-5,8,11H2. The van der Waals surface area contributed by atoms with Crippen LogP contribution in [0.5, 0.6) is 0 Å². The maximum absolute atomic E-state index is 5.49. The average Bonchev–Trinajstić information content (AvgIpc) is 2.68. The van der Waals surface area contributed by atoms with Crippen molar-refractivity contribution in [1.29, 1.82) is 0 Å². The van der Waals surface area contributed by atoms with E-state index < -0.39 is 0 Å². The van der Waals surface area contributed by atoms with Crippen LogP contribution in [0.15, 0.2) is 12.4 Å². The second-order valence-electron chi connectivity index (χ2n) is 3.74. The van der Waals surface area contributed by atoms with Crippen LogP contribution >= 0.6 is 0 Å². The fraction of sp³-hybridized carbons (Fsp3) is 0.700. The highest BCUT2D eigenvalue weighted by Gasteiger charge is 2.16. The molecule has 2 heterocycles. The van der Waals surface area contributed by atoms with Crippen molar-refractivity contribution >= 4 is 0 Å². The molecule has 0 radical (unpaired) electrons. The van der Waals surface area contributed by atoms with E-state index in [2.05, 4.69) is 11.3 Å². The minimum Gasteiger partial charge on any atom is -0.379 e. The highest BCUT2D eigenvalue weighted by atomic mass is 16.5. The fourth-order valence-electron chi connectivity index (χ4n) is 1.81. The molecule has 1 fully saturated rings. The number of aromatic nitrogens is 2. The number of rotatable bonds is 3. The van der Waals surface area contributed by atoms with Gasteiger partial charge in [-0.2, -0.15) is 5.10 Å². The normalized spacial score (nSPS) is 22.5. The van der Waals surface area contributed by atoms with Crippen LogP contribution < -0.4 is 5.73 Å². The molecule has 4 heteroatoms. The summed E-state index contributed by atoms with van der Waals surface area (Å²) in [7, 11) is 0. The van der Waals surface area contributed by atoms with E-state index in [9.17, 15) is 0 Å². The van der Waals surface area contributed by atoms with Gasteiger partial charge in [-0.1, -0.05) is 0 Å². The number of ether oxygens (including phenoxy) is 1. The molecule has 1 unspecified atom stereocenters. The van der Waals surface area contributed by atoms with E-state index in [4.69, 9.17) is 10.5 Å². The van der Waals surface area contributed by atoms with Crippen LogP contribution in [0.2, 0.25) is 0 Å². The quantitative estimate of drug-likeness (QED) is 0.773. The fourth-order valence-corrected chi connectivity index (χ4v) is 1.81. The molecular weight excluding hydrogens is 178 g/mol. The first-order chi connectivity index (χ1) is 6.90. The molecule has 2 N–H and O–H groups in total. The minimum atomic E-state index is 0.426. The van der Waals surface area contributed by atoms with E-state index in [0.717, 1.165) is 26.1 Å². The van der Waals surface area contributed by atoms with E-state index in [0.29, 0.717) is 12.6 Å². The Bertz CT molecular complexity index is 279. The molecule has 0 amide bonds. The lowest BCUT2D eigenvalue weighted by atomic mass is 10.1. The summed E-state index contributed by atoms with van der Waals surface area (Å²) in [5.41, 5.74) is 6.71. The summed E-state index contributed by atoms with van der Waals surface area (Å²) in [5, 5.41) is 4.34. The van der Waals surface area contributed by atoms with Crippen molar-refractivity contribution in [2.45, 2.75) is 25.3 Å². The average molecular weight is 195 g/mol. The van der Waals surface area contributed by atoms with Gasteiger partial charge < -0.3 is 10.5 Å². The number of nitrogens with zero attached hydrogens (tertiary/aromatic N) is 2. The summed E-state index contributed by atoms with van der Waals surface area (Å²) in [6, 6.07) is 0.426. The molecule has 2 rings (SSSR count). The smallest absolute Gasteiger partial charge is 0.0753 e. The second kappa shape index (κ2) is 4.57. The van der Waals surface area contributed by atoms with Gasteiger partial charge in [0.1, 0.15) is 0 Å². The van der Waals surface area contributed by atoms with Gasteiger partial charge in [0, 0.05) is 12.8 Å². The van der Waals surface area contributed by atoms with Gasteiger partial charge in [0.25, 0.3) is 0 Å². The van der Waals surface area contributed by atoms with Gasteiger partial charge in [-0.15, -0.1) is 0 Å². The SMILES string of the molecule is NCCc1cnn(C2CCCOC2)c1. The predicted octanol–water partition coefficient (Wildman–Crippen LogP) is 0.736. The number of hydrogen-bond donors (Lipinski definition) is 1. The molecule has 1 atom stereocenters. The Morgan fingerprint density at radius 2 is 2.57 bits per heavy atom. The van der Waals surface area contributed by atoms with E-state index in [1.54, 1.807) is 0 Å². The van der Waals surface area contributed by atoms with Crippen LogP contribution in [0.25, 0.3) is 0 Å². The lowest BCUT2D eigenvalue weighted by molar-refractivity contribution is 0.0549. The van der Waals surface area contributed by atoms with Crippen molar-refractivity contribution in [2.24, 2.45) is 5.73 Å². The van der Waals surface area contributed by atoms with E-state index in [1.807, 2.05) is 10.9 Å². The van der Waals surface area contributed by atoms with Gasteiger partial charge >= 0.3 is 0 Å². The van der Waals surface area contributed by atoms with Gasteiger partial charge in [0.2, 0.25) is 0 Å². The molecule has 14 heavy (non-hydrogen) atoms. The Labute approximate surface area is 84.0 Å². The molecule has 1 aromatic rings. The topological polar surface area (TPSA) is 53.1 Å². The first-order valence-corrected chi connectivity index (χ1v) is 5.21. The molecule has 0 spiro atoms. The van der Waals surface area contributed by atoms with Crippen molar-refractivity contribution < 1.29 is 4.74 Å². The zero-order valence-corrected chi connectivity index (χ0v) is 8.35. The Morgan fingerprint density at radius 3 is 3.29 bits per heavy atom. The maximum Gasteiger partial charge on any atom is 0.0753 e. The summed E-state index contributed by atoms with van der Waals surface area (Å²) in [5.74, 6) is 0. The second-order valence-corrected chi connectivity index (χ2v) is 3.74. The van der Waals surface area contributed by atoms with E-state index in [1.165, 1.54) is 12.0 Å². The first-order valence-electron chi connectivity index (χ1n) is 5.21. The predicted molar refractivity (Wildman–Crippen MR) is 54.1 cm³/mol. The third kappa shape index (κ3) is 2.13. The van der Waals surface area contributed by atoms with Crippen LogP contribution in [-0.4, -0.2) is 29.5 Å². The van der Waals surface area contributed by atoms with Crippen molar-refractivity contribution in [1.82, 2.24) is 9.78 Å². The summed E-state index contributed by atoms with van der Waals surface area (Å²) in [6.45, 7) is 2.38. The van der Waals surface area contributed by atoms with E-state index >= 15 is 0 Å². The van der Waals surface area contributed by atoms with E-state index in [-0.39, 0.29) is 0 Å². The Kier molecular flexibility index (Phi) is 3.16. The lowest BCUT2D eigenvalue weighted by Crippen LogP contribution is -2.21. The van der Waals surface area contributed by atoms with Crippen LogP contribution in [0.4, 0.5) is 0 Å². The molecule has 0 saturated carbocycles. The molecule has 1 saturated heterocycles. The lowest BCUT2D eigenvalue weighted by Gasteiger charge is -2.22. The number of hydrogen-bond acceptors (Lipinski definition) is 3. The molecule has 78 valence electrons. The van der Waals surface area contributed by atoms with Gasteiger partial charge in [0.15, 0.2) is 0 Å². The summed E-state index contributed by atoms with van der Waals surface area (Å²) in [6.07, 6.45) is 7.21. The molecule has 0 aliphatic carbocycles. The summed E-state index contributed by atoms with van der Waals surface area (Å²) < 4.78 is 7.44. The molecule has 1 aliphatic rings. The number of nitrogens with two attached hydrogens (primary N) is 1. The van der Waals surface area contributed by atoms with Gasteiger partial charge in [-0.25, -0.2) is 0 Å². The third-order valence-electron chi connectivity index (χ3n) is 2.60. The molecule has 1 aliphatic heterocycles. The maximum atomic E-state index is 5.49. The molecule has 0 bridgehead atoms. The highest BCUT2D eigenvalue weighted by Crippen LogP contribution is 2.18. The van der Waals surface area contributed by atoms with Crippen LogP contribution in [0.3, 0.4) is 0 Å². The van der Waals surface area contributed by atoms with Crippen LogP contribution in [-0.2, 0) is 11.2 Å². The highest BCUT2D eigenvalue weighted by molar-refractivity contribution is 5.05. The largest absolute Gasteiger partial charge is 0.379 e. The molecule has 0 aromatic carbocycles. The van der Waals surface area contributed by atoms with Gasteiger partial charge in [-0.3, -0.25) is 4.68 Å². The monoisotopic (exact) mass is 195 g/mol. The van der Waals surface area contributed by atoms with Crippen molar-refractivity contribution in [3.05, 3.63) is 18.0 Å². The van der Waals surface area contributed by atoms with Crippen LogP contribution in [0.1, 0.15) is 24.4 Å². The van der Waals surface area contributed by atoms with Crippen molar-refractivity contribution in [2.75, 3.05) is 19.8 Å². The summed E-state index contributed by atoms with van der Waals surface area (Å²) in [4.78, 5) is 0. The zero-order valence-electron chi connectivity index (χ0n) is 8.35. The molecule has 4 nitrogen and oxygen atoms in total.